The Morgan fingerprint density at radius 3 is 2.67 bits per heavy atom. The van der Waals surface area contributed by atoms with E-state index in [2.05, 4.69) is 6.58 Å². The largest absolute Gasteiger partial charge is 0.456 e. The van der Waals surface area contributed by atoms with E-state index in [0.717, 1.165) is 32.1 Å². The van der Waals surface area contributed by atoms with Gasteiger partial charge in [-0.05, 0) is 44.9 Å². The van der Waals surface area contributed by atoms with Crippen LogP contribution >= 0.6 is 0 Å². The van der Waals surface area contributed by atoms with E-state index >= 15 is 0 Å². The monoisotopic (exact) mass is 336 g/mol. The molecule has 1 spiro atoms. The summed E-state index contributed by atoms with van der Waals surface area (Å²) < 4.78 is 23.0. The molecule has 0 amide bonds. The summed E-state index contributed by atoms with van der Waals surface area (Å²) in [5, 5.41) is 0. The van der Waals surface area contributed by atoms with Gasteiger partial charge >= 0.3 is 11.9 Å². The molecule has 1 heterocycles. The second-order valence-electron chi connectivity index (χ2n) is 7.66. The first-order valence-electron chi connectivity index (χ1n) is 8.77. The summed E-state index contributed by atoms with van der Waals surface area (Å²) in [6.45, 7) is 6.09. The number of carbonyl (C=O) groups is 2. The molecule has 1 saturated heterocycles. The molecule has 0 aromatic carbocycles. The molecule has 4 bridgehead atoms. The number of esters is 2. The lowest BCUT2D eigenvalue weighted by atomic mass is 9.78. The fourth-order valence-corrected chi connectivity index (χ4v) is 5.35. The van der Waals surface area contributed by atoms with Crippen LogP contribution in [0.3, 0.4) is 0 Å². The van der Waals surface area contributed by atoms with Crippen LogP contribution in [0.25, 0.3) is 0 Å². The van der Waals surface area contributed by atoms with Crippen molar-refractivity contribution in [3.63, 3.8) is 0 Å². The second kappa shape index (κ2) is 5.56. The Balaban J connectivity index is 1.46. The van der Waals surface area contributed by atoms with Gasteiger partial charge in [-0.2, -0.15) is 0 Å². The summed E-state index contributed by atoms with van der Waals surface area (Å²) in [5.74, 6) is -0.684. The summed E-state index contributed by atoms with van der Waals surface area (Å²) in [6, 6.07) is 0. The fraction of sp³-hybridized carbons (Fsp3) is 0.778. The Bertz CT molecular complexity index is 578. The average Bonchev–Trinajstić information content (AvgIpc) is 2.90. The molecule has 5 aliphatic rings. The van der Waals surface area contributed by atoms with Crippen LogP contribution in [-0.4, -0.2) is 43.1 Å². The van der Waals surface area contributed by atoms with Gasteiger partial charge in [0, 0.05) is 11.5 Å². The highest BCUT2D eigenvalue weighted by molar-refractivity contribution is 5.88. The third-order valence-corrected chi connectivity index (χ3v) is 6.03. The first-order chi connectivity index (χ1) is 11.5. The summed E-state index contributed by atoms with van der Waals surface area (Å²) in [7, 11) is 0. The van der Waals surface area contributed by atoms with Gasteiger partial charge in [-0.1, -0.05) is 6.58 Å². The molecule has 132 valence electrons. The first-order valence-corrected chi connectivity index (χ1v) is 8.77. The number of hydrogen-bond donors (Lipinski definition) is 0. The van der Waals surface area contributed by atoms with E-state index in [1.54, 1.807) is 6.92 Å². The second-order valence-corrected chi connectivity index (χ2v) is 7.66. The standard InChI is InChI=1S/C18H24O6/c1-11(2)16(20)21-10-15(19)24-17-8-12-6-13(9-17)18(14(17)7-12)22-4-3-5-23-18/h12-14H,1,3-10H2,2H3. The predicted molar refractivity (Wildman–Crippen MR) is 82.8 cm³/mol. The third kappa shape index (κ3) is 2.30. The zero-order valence-electron chi connectivity index (χ0n) is 14.0. The summed E-state index contributed by atoms with van der Waals surface area (Å²) >= 11 is 0. The molecule has 1 aliphatic heterocycles. The predicted octanol–water partition coefficient (Wildman–Crippen LogP) is 1.97. The van der Waals surface area contributed by atoms with Gasteiger partial charge < -0.3 is 18.9 Å². The van der Waals surface area contributed by atoms with Crippen molar-refractivity contribution in [3.05, 3.63) is 12.2 Å². The van der Waals surface area contributed by atoms with Crippen LogP contribution in [-0.2, 0) is 28.5 Å². The van der Waals surface area contributed by atoms with Gasteiger partial charge in [0.2, 0.25) is 0 Å². The Kier molecular flexibility index (Phi) is 3.73. The normalized spacial score (nSPS) is 38.3. The number of carbonyl (C=O) groups excluding carboxylic acids is 2. The SMILES string of the molecule is C=C(C)C(=O)OCC(=O)OC12CC3CC(C1)C1(OCCCO1)C2C3. The van der Waals surface area contributed by atoms with Gasteiger partial charge in [-0.25, -0.2) is 9.59 Å². The van der Waals surface area contributed by atoms with Crippen LogP contribution in [0.5, 0.6) is 0 Å². The quantitative estimate of drug-likeness (QED) is 0.577. The zero-order chi connectivity index (χ0) is 16.9. The van der Waals surface area contributed by atoms with E-state index in [4.69, 9.17) is 18.9 Å². The molecular formula is C18H24O6. The number of ether oxygens (including phenoxy) is 4. The van der Waals surface area contributed by atoms with Crippen molar-refractivity contribution in [2.45, 2.75) is 50.4 Å². The van der Waals surface area contributed by atoms with Crippen LogP contribution in [0, 0.1) is 17.8 Å². The van der Waals surface area contributed by atoms with Gasteiger partial charge in [-0.3, -0.25) is 0 Å². The lowest BCUT2D eigenvalue weighted by Crippen LogP contribution is -2.52. The maximum absolute atomic E-state index is 12.2. The molecule has 0 radical (unpaired) electrons. The van der Waals surface area contributed by atoms with Crippen LogP contribution in [0.15, 0.2) is 12.2 Å². The summed E-state index contributed by atoms with van der Waals surface area (Å²) in [6.07, 6.45) is 4.63. The molecule has 4 saturated carbocycles. The zero-order valence-corrected chi connectivity index (χ0v) is 14.0. The Hall–Kier alpha value is -1.40. The van der Waals surface area contributed by atoms with Gasteiger partial charge in [0.1, 0.15) is 5.60 Å². The lowest BCUT2D eigenvalue weighted by molar-refractivity contribution is -0.318. The molecule has 5 fully saturated rings. The van der Waals surface area contributed by atoms with Crippen molar-refractivity contribution in [2.24, 2.45) is 17.8 Å². The van der Waals surface area contributed by atoms with Gasteiger partial charge in [0.05, 0.1) is 19.1 Å². The Labute approximate surface area is 141 Å². The third-order valence-electron chi connectivity index (χ3n) is 6.03. The smallest absolute Gasteiger partial charge is 0.344 e. The van der Waals surface area contributed by atoms with Crippen LogP contribution in [0.4, 0.5) is 0 Å². The van der Waals surface area contributed by atoms with Crippen molar-refractivity contribution in [1.29, 1.82) is 0 Å². The molecule has 4 aliphatic carbocycles. The molecule has 4 unspecified atom stereocenters. The fourth-order valence-electron chi connectivity index (χ4n) is 5.35. The van der Waals surface area contributed by atoms with E-state index in [1.165, 1.54) is 0 Å². The molecule has 0 N–H and O–H groups in total. The molecule has 5 rings (SSSR count). The first kappa shape index (κ1) is 16.1. The molecule has 4 atom stereocenters. The minimum absolute atomic E-state index is 0.0924. The van der Waals surface area contributed by atoms with Gasteiger partial charge in [0.25, 0.3) is 0 Å². The van der Waals surface area contributed by atoms with E-state index < -0.39 is 23.3 Å². The van der Waals surface area contributed by atoms with Crippen molar-refractivity contribution >= 4 is 11.9 Å². The highest BCUT2D eigenvalue weighted by Gasteiger charge is 2.73. The van der Waals surface area contributed by atoms with Crippen LogP contribution in [0.1, 0.15) is 39.0 Å². The molecular weight excluding hydrogens is 312 g/mol. The molecule has 0 aromatic rings. The summed E-state index contributed by atoms with van der Waals surface area (Å²) in [5.41, 5.74) is -0.248. The maximum Gasteiger partial charge on any atom is 0.344 e. The Morgan fingerprint density at radius 1 is 1.21 bits per heavy atom. The van der Waals surface area contributed by atoms with Gasteiger partial charge in [0.15, 0.2) is 12.4 Å². The average molecular weight is 336 g/mol. The lowest BCUT2D eigenvalue weighted by Gasteiger charge is -2.45. The van der Waals surface area contributed by atoms with Crippen LogP contribution in [0.2, 0.25) is 0 Å². The highest BCUT2D eigenvalue weighted by Crippen LogP contribution is 2.68. The molecule has 6 heteroatoms. The van der Waals surface area contributed by atoms with Gasteiger partial charge in [-0.15, -0.1) is 0 Å². The molecule has 6 nitrogen and oxygen atoms in total. The van der Waals surface area contributed by atoms with Crippen molar-refractivity contribution < 1.29 is 28.5 Å². The Morgan fingerprint density at radius 2 is 1.96 bits per heavy atom. The highest BCUT2D eigenvalue weighted by atomic mass is 16.7. The molecule has 24 heavy (non-hydrogen) atoms. The molecule has 0 aromatic heterocycles. The van der Waals surface area contributed by atoms with Crippen LogP contribution < -0.4 is 0 Å². The summed E-state index contributed by atoms with van der Waals surface area (Å²) in [4.78, 5) is 23.7. The van der Waals surface area contributed by atoms with Crippen molar-refractivity contribution in [2.75, 3.05) is 19.8 Å². The number of rotatable bonds is 4. The maximum atomic E-state index is 12.2. The van der Waals surface area contributed by atoms with E-state index in [0.29, 0.717) is 25.0 Å². The topological polar surface area (TPSA) is 71.1 Å². The minimum atomic E-state index is -0.572. The van der Waals surface area contributed by atoms with Crippen molar-refractivity contribution in [1.82, 2.24) is 0 Å². The van der Waals surface area contributed by atoms with E-state index in [-0.39, 0.29) is 18.1 Å². The number of hydrogen-bond acceptors (Lipinski definition) is 6. The minimum Gasteiger partial charge on any atom is -0.456 e. The van der Waals surface area contributed by atoms with Crippen molar-refractivity contribution in [3.8, 4) is 0 Å². The van der Waals surface area contributed by atoms with E-state index in [1.807, 2.05) is 0 Å². The van der Waals surface area contributed by atoms with E-state index in [9.17, 15) is 9.59 Å².